The number of hydrogen-bond acceptors (Lipinski definition) is 7. The van der Waals surface area contributed by atoms with Crippen LogP contribution in [-0.2, 0) is 6.54 Å². The largest absolute Gasteiger partial charge is 0.496 e. The van der Waals surface area contributed by atoms with Crippen molar-refractivity contribution in [1.82, 2.24) is 29.9 Å². The molecular formula is C29H35FN8O3. The summed E-state index contributed by atoms with van der Waals surface area (Å²) < 4.78 is 20.7. The Kier molecular flexibility index (Phi) is 7.95. The molecule has 11 nitrogen and oxygen atoms in total. The predicted molar refractivity (Wildman–Crippen MR) is 155 cm³/mol. The Morgan fingerprint density at radius 3 is 2.63 bits per heavy atom. The Labute approximate surface area is 237 Å². The van der Waals surface area contributed by atoms with Crippen molar-refractivity contribution in [3.8, 4) is 17.0 Å². The molecular weight excluding hydrogens is 527 g/mol. The molecule has 1 unspecified atom stereocenters. The summed E-state index contributed by atoms with van der Waals surface area (Å²) in [6.07, 6.45) is 1.77. The van der Waals surface area contributed by atoms with Crippen molar-refractivity contribution in [1.29, 1.82) is 0 Å². The van der Waals surface area contributed by atoms with E-state index in [0.29, 0.717) is 11.3 Å². The average Bonchev–Trinajstić information content (AvgIpc) is 3.58. The van der Waals surface area contributed by atoms with Crippen LogP contribution in [0.25, 0.3) is 22.2 Å². The van der Waals surface area contributed by atoms with Gasteiger partial charge in [0, 0.05) is 56.4 Å². The van der Waals surface area contributed by atoms with Crippen LogP contribution in [0.15, 0.2) is 42.6 Å². The van der Waals surface area contributed by atoms with E-state index in [4.69, 9.17) is 21.3 Å². The first-order valence-corrected chi connectivity index (χ1v) is 13.5. The fraction of sp³-hybridized carbons (Fsp3) is 0.345. The first kappa shape index (κ1) is 28.1. The predicted octanol–water partition coefficient (Wildman–Crippen LogP) is 2.60. The number of carbonyl (C=O) groups is 2. The van der Waals surface area contributed by atoms with E-state index in [9.17, 15) is 14.0 Å². The van der Waals surface area contributed by atoms with Gasteiger partial charge in [-0.3, -0.25) is 14.5 Å². The molecule has 2 amide bonds. The van der Waals surface area contributed by atoms with Crippen LogP contribution >= 0.6 is 0 Å². The average molecular weight is 563 g/mol. The van der Waals surface area contributed by atoms with E-state index in [0.717, 1.165) is 55.3 Å². The van der Waals surface area contributed by atoms with Gasteiger partial charge in [0.2, 0.25) is 0 Å². The number of H-pyrrole nitrogens is 1. The van der Waals surface area contributed by atoms with Crippen molar-refractivity contribution in [2.75, 3.05) is 52.6 Å². The van der Waals surface area contributed by atoms with Gasteiger partial charge in [0.25, 0.3) is 11.8 Å². The molecule has 1 aliphatic rings. The van der Waals surface area contributed by atoms with Gasteiger partial charge in [0.15, 0.2) is 0 Å². The van der Waals surface area contributed by atoms with Crippen LogP contribution in [0.5, 0.6) is 5.75 Å². The SMILES string of the molecule is COc1ccc(F)cc1C(=O)NCc1ccc(-c2nn(C(C)CN3CCN(C)CC3)c(N)c2C(N)=O)c2cc[nH]c12. The molecule has 0 bridgehead atoms. The number of halogens is 1. The van der Waals surface area contributed by atoms with Crippen LogP contribution in [0.2, 0.25) is 0 Å². The normalized spacial score (nSPS) is 15.2. The second kappa shape index (κ2) is 11.6. The minimum atomic E-state index is -0.653. The number of piperazine rings is 1. The Bertz CT molecular complexity index is 1590. The number of hydrogen-bond donors (Lipinski definition) is 4. The highest BCUT2D eigenvalue weighted by atomic mass is 19.1. The number of fused-ring (bicyclic) bond motifs is 1. The van der Waals surface area contributed by atoms with Crippen LogP contribution in [0, 0.1) is 5.82 Å². The van der Waals surface area contributed by atoms with Gasteiger partial charge in [-0.2, -0.15) is 5.10 Å². The lowest BCUT2D eigenvalue weighted by molar-refractivity contribution is 0.0946. The summed E-state index contributed by atoms with van der Waals surface area (Å²) in [7, 11) is 3.53. The molecule has 0 saturated carbocycles. The topological polar surface area (TPSA) is 148 Å². The second-order valence-corrected chi connectivity index (χ2v) is 10.4. The molecule has 3 heterocycles. The zero-order chi connectivity index (χ0) is 29.3. The summed E-state index contributed by atoms with van der Waals surface area (Å²) in [6.45, 7) is 6.82. The van der Waals surface area contributed by atoms with Crippen molar-refractivity contribution in [3.63, 3.8) is 0 Å². The van der Waals surface area contributed by atoms with Gasteiger partial charge in [0.05, 0.1) is 24.2 Å². The number of aromatic amines is 1. The minimum Gasteiger partial charge on any atom is -0.496 e. The quantitative estimate of drug-likeness (QED) is 0.245. The molecule has 41 heavy (non-hydrogen) atoms. The number of ether oxygens (including phenoxy) is 1. The maximum Gasteiger partial charge on any atom is 0.255 e. The molecule has 12 heteroatoms. The van der Waals surface area contributed by atoms with Crippen molar-refractivity contribution in [2.45, 2.75) is 19.5 Å². The fourth-order valence-electron chi connectivity index (χ4n) is 5.40. The van der Waals surface area contributed by atoms with Gasteiger partial charge < -0.3 is 31.4 Å². The van der Waals surface area contributed by atoms with E-state index in [1.165, 1.54) is 19.2 Å². The summed E-state index contributed by atoms with van der Waals surface area (Å²) in [5, 5.41) is 8.42. The lowest BCUT2D eigenvalue weighted by Crippen LogP contribution is -2.46. The number of rotatable bonds is 9. The highest BCUT2D eigenvalue weighted by Gasteiger charge is 2.27. The van der Waals surface area contributed by atoms with Gasteiger partial charge in [-0.25, -0.2) is 9.07 Å². The third-order valence-corrected chi connectivity index (χ3v) is 7.64. The molecule has 1 saturated heterocycles. The van der Waals surface area contributed by atoms with Gasteiger partial charge in [-0.15, -0.1) is 0 Å². The van der Waals surface area contributed by atoms with E-state index in [1.807, 2.05) is 25.1 Å². The van der Waals surface area contributed by atoms with E-state index in [1.54, 1.807) is 10.9 Å². The highest BCUT2D eigenvalue weighted by Crippen LogP contribution is 2.35. The molecule has 0 spiro atoms. The number of benzene rings is 2. The number of anilines is 1. The molecule has 4 aromatic rings. The third-order valence-electron chi connectivity index (χ3n) is 7.64. The zero-order valence-electron chi connectivity index (χ0n) is 23.4. The smallest absolute Gasteiger partial charge is 0.255 e. The molecule has 1 fully saturated rings. The van der Waals surface area contributed by atoms with Crippen LogP contribution in [0.1, 0.15) is 39.2 Å². The highest BCUT2D eigenvalue weighted by molar-refractivity contribution is 6.07. The number of likely N-dealkylation sites (N-methyl/N-ethyl adjacent to an activating group) is 1. The molecule has 1 atom stereocenters. The molecule has 0 aliphatic carbocycles. The molecule has 2 aromatic carbocycles. The van der Waals surface area contributed by atoms with Crippen LogP contribution < -0.4 is 21.5 Å². The number of aromatic nitrogens is 3. The fourth-order valence-corrected chi connectivity index (χ4v) is 5.40. The van der Waals surface area contributed by atoms with E-state index < -0.39 is 17.6 Å². The van der Waals surface area contributed by atoms with Gasteiger partial charge in [0.1, 0.15) is 28.6 Å². The zero-order valence-corrected chi connectivity index (χ0v) is 23.4. The number of carbonyl (C=O) groups excluding carboxylic acids is 2. The molecule has 5 rings (SSSR count). The van der Waals surface area contributed by atoms with Gasteiger partial charge in [-0.1, -0.05) is 12.1 Å². The Morgan fingerprint density at radius 2 is 1.93 bits per heavy atom. The van der Waals surface area contributed by atoms with Gasteiger partial charge in [-0.05, 0) is 43.8 Å². The molecule has 216 valence electrons. The molecule has 1 aliphatic heterocycles. The van der Waals surface area contributed by atoms with Crippen molar-refractivity contribution in [3.05, 3.63) is 65.1 Å². The Balaban J connectivity index is 1.43. The first-order valence-electron chi connectivity index (χ1n) is 13.5. The van der Waals surface area contributed by atoms with Gasteiger partial charge >= 0.3 is 0 Å². The maximum atomic E-state index is 13.8. The number of primary amides is 1. The van der Waals surface area contributed by atoms with Crippen molar-refractivity contribution in [2.24, 2.45) is 5.73 Å². The summed E-state index contributed by atoms with van der Waals surface area (Å²) in [5.74, 6) is -1.15. The van der Waals surface area contributed by atoms with Crippen molar-refractivity contribution >= 4 is 28.5 Å². The number of nitrogens with two attached hydrogens (primary N) is 2. The van der Waals surface area contributed by atoms with E-state index in [2.05, 4.69) is 27.1 Å². The minimum absolute atomic E-state index is 0.0822. The van der Waals surface area contributed by atoms with Crippen molar-refractivity contribution < 1.29 is 18.7 Å². The Hall–Kier alpha value is -4.42. The number of nitrogens with zero attached hydrogens (tertiary/aromatic N) is 4. The first-order chi connectivity index (χ1) is 19.7. The number of amides is 2. The summed E-state index contributed by atoms with van der Waals surface area (Å²) >= 11 is 0. The van der Waals surface area contributed by atoms with Crippen LogP contribution in [-0.4, -0.2) is 83.3 Å². The molecule has 0 radical (unpaired) electrons. The Morgan fingerprint density at radius 1 is 1.17 bits per heavy atom. The number of nitrogen functional groups attached to an aromatic ring is 1. The lowest BCUT2D eigenvalue weighted by atomic mass is 10.00. The summed E-state index contributed by atoms with van der Waals surface area (Å²) in [5.41, 5.74) is 15.2. The molecule has 6 N–H and O–H groups in total. The number of nitrogens with one attached hydrogen (secondary N) is 2. The second-order valence-electron chi connectivity index (χ2n) is 10.4. The van der Waals surface area contributed by atoms with Crippen LogP contribution in [0.3, 0.4) is 0 Å². The molecule has 2 aromatic heterocycles. The number of methoxy groups -OCH3 is 1. The maximum absolute atomic E-state index is 13.8. The van der Waals surface area contributed by atoms with Crippen LogP contribution in [0.4, 0.5) is 10.2 Å². The van der Waals surface area contributed by atoms with E-state index >= 15 is 0 Å². The van der Waals surface area contributed by atoms with E-state index in [-0.39, 0.29) is 35.3 Å². The lowest BCUT2D eigenvalue weighted by Gasteiger charge is -2.34. The third kappa shape index (κ3) is 5.61. The summed E-state index contributed by atoms with van der Waals surface area (Å²) in [6, 6.07) is 9.25. The standard InChI is InChI=1S/C29H35FN8O3/c1-17(16-37-12-10-36(2)11-13-37)38-27(31)24(28(32)39)26(35-38)20-6-4-18(25-21(20)8-9-33-25)15-34-29(40)22-14-19(30)5-7-23(22)41-3/h4-9,14,17,33H,10-13,15-16,31H2,1-3H3,(H2,32,39)(H,34,40). The summed E-state index contributed by atoms with van der Waals surface area (Å²) in [4.78, 5) is 33.3. The monoisotopic (exact) mass is 562 g/mol.